The molecule has 32 heavy (non-hydrogen) atoms. The van der Waals surface area contributed by atoms with Gasteiger partial charge in [0.25, 0.3) is 10.0 Å². The van der Waals surface area contributed by atoms with Crippen molar-refractivity contribution in [1.82, 2.24) is 14.5 Å². The van der Waals surface area contributed by atoms with Gasteiger partial charge in [0.15, 0.2) is 5.03 Å². The zero-order valence-electron chi connectivity index (χ0n) is 17.6. The quantitative estimate of drug-likeness (QED) is 0.588. The average molecular weight is 456 g/mol. The number of urea groups is 1. The van der Waals surface area contributed by atoms with E-state index in [1.54, 1.807) is 6.20 Å². The van der Waals surface area contributed by atoms with Crippen LogP contribution in [0.25, 0.3) is 0 Å². The fourth-order valence-corrected chi connectivity index (χ4v) is 5.66. The number of fused-ring (bicyclic) bond motifs is 2. The van der Waals surface area contributed by atoms with Crippen LogP contribution in [0.3, 0.4) is 0 Å². The van der Waals surface area contributed by atoms with E-state index >= 15 is 0 Å². The molecule has 0 spiro atoms. The number of rotatable bonds is 5. The Morgan fingerprint density at radius 3 is 2.59 bits per heavy atom. The fourth-order valence-electron chi connectivity index (χ4n) is 4.81. The lowest BCUT2D eigenvalue weighted by Gasteiger charge is -2.18. The first-order chi connectivity index (χ1) is 15.4. The van der Waals surface area contributed by atoms with E-state index in [0.29, 0.717) is 13.2 Å². The minimum absolute atomic E-state index is 0.0348. The standard InChI is InChI=1S/C21H25BN4O5S/c27-21(23-20-17-5-1-3-15(17)11-16-4-2-6-18(16)20)25-32(29,30)19-8-10-26(24-19)12-14-7-9-22(28)31-13-14/h7-11,14,28H,1-6,12-13H2,(H2,23,25,27). The van der Waals surface area contributed by atoms with Crippen LogP contribution in [0.5, 0.6) is 0 Å². The van der Waals surface area contributed by atoms with E-state index < -0.39 is 23.2 Å². The van der Waals surface area contributed by atoms with Crippen molar-refractivity contribution >= 4 is 28.9 Å². The Bertz CT molecular complexity index is 1160. The van der Waals surface area contributed by atoms with Crippen LogP contribution in [0.4, 0.5) is 10.5 Å². The predicted octanol–water partition coefficient (Wildman–Crippen LogP) is 1.59. The highest BCUT2D eigenvalue weighted by Gasteiger charge is 2.27. The van der Waals surface area contributed by atoms with Crippen molar-refractivity contribution in [2.75, 3.05) is 11.9 Å². The molecule has 9 nitrogen and oxygen atoms in total. The molecule has 2 aromatic rings. The maximum atomic E-state index is 12.7. The second-order valence-electron chi connectivity index (χ2n) is 8.54. The Kier molecular flexibility index (Phi) is 5.56. The summed E-state index contributed by atoms with van der Waals surface area (Å²) in [5, 5.41) is 16.1. The Labute approximate surface area is 187 Å². The number of sulfonamides is 1. The zero-order chi connectivity index (χ0) is 22.3. The van der Waals surface area contributed by atoms with Crippen LogP contribution in [0.2, 0.25) is 0 Å². The van der Waals surface area contributed by atoms with Gasteiger partial charge in [-0.2, -0.15) is 13.5 Å². The summed E-state index contributed by atoms with van der Waals surface area (Å²) in [4.78, 5) is 12.7. The minimum Gasteiger partial charge on any atom is -0.423 e. The van der Waals surface area contributed by atoms with Crippen molar-refractivity contribution < 1.29 is 22.9 Å². The highest BCUT2D eigenvalue weighted by Crippen LogP contribution is 2.38. The summed E-state index contributed by atoms with van der Waals surface area (Å²) in [6.45, 7) is 0.708. The van der Waals surface area contributed by atoms with E-state index in [1.165, 1.54) is 27.9 Å². The van der Waals surface area contributed by atoms with Crippen LogP contribution >= 0.6 is 0 Å². The third-order valence-electron chi connectivity index (χ3n) is 6.28. The van der Waals surface area contributed by atoms with Gasteiger partial charge in [0.05, 0.1) is 0 Å². The lowest BCUT2D eigenvalue weighted by molar-refractivity contribution is 0.215. The summed E-state index contributed by atoms with van der Waals surface area (Å²) in [6, 6.07) is 2.84. The normalized spacial score (nSPS) is 19.7. The van der Waals surface area contributed by atoms with Crippen molar-refractivity contribution in [3.8, 4) is 0 Å². The van der Waals surface area contributed by atoms with Crippen LogP contribution < -0.4 is 10.0 Å². The fraction of sp³-hybridized carbons (Fsp3) is 0.429. The van der Waals surface area contributed by atoms with Crippen LogP contribution in [-0.2, 0) is 46.9 Å². The van der Waals surface area contributed by atoms with Gasteiger partial charge in [-0.15, -0.1) is 0 Å². The van der Waals surface area contributed by atoms with Gasteiger partial charge in [-0.1, -0.05) is 18.1 Å². The summed E-state index contributed by atoms with van der Waals surface area (Å²) < 4.78 is 34.2. The smallest absolute Gasteiger partial charge is 0.423 e. The topological polar surface area (TPSA) is 123 Å². The number of hydrogen-bond acceptors (Lipinski definition) is 6. The average Bonchev–Trinajstić information content (AvgIpc) is 3.49. The molecule has 2 aliphatic carbocycles. The van der Waals surface area contributed by atoms with Crippen molar-refractivity contribution in [2.45, 2.75) is 50.1 Å². The maximum Gasteiger partial charge on any atom is 0.483 e. The molecule has 5 rings (SSSR count). The molecule has 168 valence electrons. The Morgan fingerprint density at radius 1 is 1.22 bits per heavy atom. The summed E-state index contributed by atoms with van der Waals surface area (Å²) in [7, 11) is -5.03. The van der Waals surface area contributed by atoms with E-state index in [9.17, 15) is 18.2 Å². The number of benzene rings is 1. The van der Waals surface area contributed by atoms with E-state index in [1.807, 2.05) is 6.08 Å². The summed E-state index contributed by atoms with van der Waals surface area (Å²) in [5.41, 5.74) is 5.58. The SMILES string of the molecule is O=C(Nc1c2c(cc3c1CCC3)CCC2)NS(=O)(=O)c1ccn(CC2C=CB(O)OC2)n1. The van der Waals surface area contributed by atoms with Crippen molar-refractivity contribution in [1.29, 1.82) is 0 Å². The number of carbonyl (C=O) groups excluding carboxylic acids is 1. The molecule has 1 aliphatic heterocycles. The first-order valence-electron chi connectivity index (χ1n) is 10.9. The van der Waals surface area contributed by atoms with Gasteiger partial charge in [0.1, 0.15) is 0 Å². The third-order valence-corrected chi connectivity index (χ3v) is 7.50. The molecule has 0 saturated carbocycles. The molecule has 1 aromatic carbocycles. The first-order valence-corrected chi connectivity index (χ1v) is 12.4. The van der Waals surface area contributed by atoms with Crippen molar-refractivity contribution in [3.05, 3.63) is 52.6 Å². The van der Waals surface area contributed by atoms with Gasteiger partial charge in [-0.25, -0.2) is 9.52 Å². The Hall–Kier alpha value is -2.63. The number of aryl methyl sites for hydroxylation is 2. The summed E-state index contributed by atoms with van der Waals surface area (Å²) >= 11 is 0. The lowest BCUT2D eigenvalue weighted by atomic mass is 9.85. The predicted molar refractivity (Wildman–Crippen MR) is 119 cm³/mol. The Morgan fingerprint density at radius 2 is 1.94 bits per heavy atom. The zero-order valence-corrected chi connectivity index (χ0v) is 18.4. The molecule has 0 fully saturated rings. The number of amides is 2. The van der Waals surface area contributed by atoms with Gasteiger partial charge in [0, 0.05) is 31.0 Å². The van der Waals surface area contributed by atoms with Gasteiger partial charge in [-0.05, 0) is 66.8 Å². The highest BCUT2D eigenvalue weighted by molar-refractivity contribution is 7.90. The lowest BCUT2D eigenvalue weighted by Crippen LogP contribution is -2.35. The van der Waals surface area contributed by atoms with E-state index in [-0.39, 0.29) is 10.9 Å². The number of carbonyl (C=O) groups is 1. The molecule has 1 unspecified atom stereocenters. The van der Waals surface area contributed by atoms with Gasteiger partial charge >= 0.3 is 13.1 Å². The Balaban J connectivity index is 1.28. The molecule has 2 heterocycles. The molecule has 1 atom stereocenters. The number of anilines is 1. The van der Waals surface area contributed by atoms with Crippen LogP contribution in [0, 0.1) is 5.92 Å². The molecule has 3 aliphatic rings. The first kappa shape index (κ1) is 21.2. The minimum atomic E-state index is -4.12. The molecule has 0 radical (unpaired) electrons. The second-order valence-corrected chi connectivity index (χ2v) is 10.2. The number of aromatic nitrogens is 2. The third kappa shape index (κ3) is 4.20. The summed E-state index contributed by atoms with van der Waals surface area (Å²) in [6.07, 6.45) is 9.23. The monoisotopic (exact) mass is 456 g/mol. The maximum absolute atomic E-state index is 12.7. The largest absolute Gasteiger partial charge is 0.483 e. The molecular formula is C21H25BN4O5S. The van der Waals surface area contributed by atoms with E-state index in [0.717, 1.165) is 55.3 Å². The van der Waals surface area contributed by atoms with Gasteiger partial charge < -0.3 is 15.0 Å². The molecule has 11 heteroatoms. The second kappa shape index (κ2) is 8.38. The van der Waals surface area contributed by atoms with Crippen molar-refractivity contribution in [3.63, 3.8) is 0 Å². The molecule has 1 aromatic heterocycles. The van der Waals surface area contributed by atoms with Gasteiger partial charge in [0.2, 0.25) is 0 Å². The number of nitrogens with one attached hydrogen (secondary N) is 2. The molecule has 0 saturated heterocycles. The molecule has 3 N–H and O–H groups in total. The highest BCUT2D eigenvalue weighted by atomic mass is 32.2. The molecule has 0 bridgehead atoms. The number of hydrogen-bond donors (Lipinski definition) is 3. The van der Waals surface area contributed by atoms with E-state index in [2.05, 4.69) is 21.2 Å². The van der Waals surface area contributed by atoms with Gasteiger partial charge in [-0.3, -0.25) is 4.68 Å². The van der Waals surface area contributed by atoms with Crippen LogP contribution in [0.15, 0.2) is 35.4 Å². The van der Waals surface area contributed by atoms with E-state index in [4.69, 9.17) is 4.65 Å². The number of nitrogens with zero attached hydrogens (tertiary/aromatic N) is 2. The van der Waals surface area contributed by atoms with Crippen LogP contribution in [0.1, 0.15) is 35.1 Å². The molecule has 2 amide bonds. The summed E-state index contributed by atoms with van der Waals surface area (Å²) in [5.74, 6) is 1.51. The van der Waals surface area contributed by atoms with Crippen LogP contribution in [-0.4, -0.2) is 43.0 Å². The molecular weight excluding hydrogens is 431 g/mol. The van der Waals surface area contributed by atoms with Crippen molar-refractivity contribution in [2.24, 2.45) is 5.92 Å².